The first kappa shape index (κ1) is 14.1. The molecule has 1 aromatic heterocycles. The molecule has 2 aromatic rings. The topological polar surface area (TPSA) is 28.2 Å². The average molecular weight is 281 g/mol. The number of hydrogen-bond acceptors (Lipinski definition) is 3. The van der Waals surface area contributed by atoms with Gasteiger partial charge in [0, 0.05) is 32.4 Å². The minimum Gasteiger partial charge on any atom is -0.369 e. The molecule has 110 valence electrons. The molecule has 1 aliphatic carbocycles. The summed E-state index contributed by atoms with van der Waals surface area (Å²) < 4.78 is 0. The lowest BCUT2D eigenvalue weighted by atomic mass is 10.1. The molecule has 1 heterocycles. The molecule has 0 radical (unpaired) electrons. The summed E-state index contributed by atoms with van der Waals surface area (Å²) in [5.41, 5.74) is 5.17. The Morgan fingerprint density at radius 2 is 1.95 bits per heavy atom. The van der Waals surface area contributed by atoms with E-state index in [0.717, 1.165) is 19.1 Å². The predicted octanol–water partition coefficient (Wildman–Crippen LogP) is 3.28. The van der Waals surface area contributed by atoms with Crippen LogP contribution in [0.1, 0.15) is 29.5 Å². The quantitative estimate of drug-likeness (QED) is 0.880. The molecule has 0 spiro atoms. The van der Waals surface area contributed by atoms with E-state index in [9.17, 15) is 0 Å². The summed E-state index contributed by atoms with van der Waals surface area (Å²) in [4.78, 5) is 6.57. The molecule has 3 nitrogen and oxygen atoms in total. The first-order valence-corrected chi connectivity index (χ1v) is 7.65. The van der Waals surface area contributed by atoms with E-state index in [1.54, 1.807) is 0 Å². The normalized spacial score (nSPS) is 14.2. The fraction of sp³-hybridized carbons (Fsp3) is 0.389. The zero-order chi connectivity index (χ0) is 14.7. The third-order valence-electron chi connectivity index (χ3n) is 4.00. The van der Waals surface area contributed by atoms with Gasteiger partial charge < -0.3 is 10.2 Å². The van der Waals surface area contributed by atoms with Crippen molar-refractivity contribution in [1.29, 1.82) is 0 Å². The Labute approximate surface area is 127 Å². The van der Waals surface area contributed by atoms with Gasteiger partial charge in [0.2, 0.25) is 0 Å². The molecule has 1 aliphatic rings. The van der Waals surface area contributed by atoms with Gasteiger partial charge >= 0.3 is 0 Å². The van der Waals surface area contributed by atoms with E-state index in [2.05, 4.69) is 59.5 Å². The Morgan fingerprint density at radius 3 is 2.67 bits per heavy atom. The molecule has 0 unspecified atom stereocenters. The number of nitrogens with one attached hydrogen (secondary N) is 1. The average Bonchev–Trinajstić information content (AvgIpc) is 3.32. The molecule has 1 N–H and O–H groups in total. The van der Waals surface area contributed by atoms with Crippen LogP contribution in [0.2, 0.25) is 0 Å². The number of aryl methyl sites for hydroxylation is 1. The number of pyridine rings is 1. The first-order valence-electron chi connectivity index (χ1n) is 7.65. The molecule has 0 atom stereocenters. The Hall–Kier alpha value is -1.87. The molecule has 0 aliphatic heterocycles. The van der Waals surface area contributed by atoms with Gasteiger partial charge in [-0.3, -0.25) is 4.98 Å². The van der Waals surface area contributed by atoms with Crippen molar-refractivity contribution >= 4 is 5.69 Å². The van der Waals surface area contributed by atoms with Crippen molar-refractivity contribution in [2.24, 2.45) is 0 Å². The van der Waals surface area contributed by atoms with Gasteiger partial charge in [0.1, 0.15) is 0 Å². The number of nitrogens with zero attached hydrogens (tertiary/aromatic N) is 2. The van der Waals surface area contributed by atoms with E-state index in [-0.39, 0.29) is 0 Å². The van der Waals surface area contributed by atoms with E-state index in [1.807, 2.05) is 12.4 Å². The van der Waals surface area contributed by atoms with Gasteiger partial charge in [0.15, 0.2) is 0 Å². The van der Waals surface area contributed by atoms with Crippen LogP contribution in [0, 0.1) is 6.92 Å². The van der Waals surface area contributed by atoms with Crippen LogP contribution in [0.3, 0.4) is 0 Å². The zero-order valence-electron chi connectivity index (χ0n) is 12.8. The highest BCUT2D eigenvalue weighted by atomic mass is 15.1. The fourth-order valence-corrected chi connectivity index (χ4v) is 2.50. The summed E-state index contributed by atoms with van der Waals surface area (Å²) in [5, 5.41) is 3.59. The summed E-state index contributed by atoms with van der Waals surface area (Å²) >= 11 is 0. The Morgan fingerprint density at radius 1 is 1.19 bits per heavy atom. The predicted molar refractivity (Wildman–Crippen MR) is 87.4 cm³/mol. The van der Waals surface area contributed by atoms with Crippen LogP contribution >= 0.6 is 0 Å². The summed E-state index contributed by atoms with van der Waals surface area (Å²) in [6.07, 6.45) is 6.49. The number of aromatic nitrogens is 1. The van der Waals surface area contributed by atoms with Crippen molar-refractivity contribution in [2.45, 2.75) is 38.9 Å². The van der Waals surface area contributed by atoms with Gasteiger partial charge in [0.25, 0.3) is 0 Å². The summed E-state index contributed by atoms with van der Waals surface area (Å²) in [5.74, 6) is 0. The van der Waals surface area contributed by atoms with E-state index in [4.69, 9.17) is 0 Å². The third kappa shape index (κ3) is 3.82. The van der Waals surface area contributed by atoms with Gasteiger partial charge in [-0.15, -0.1) is 0 Å². The Kier molecular flexibility index (Phi) is 4.20. The molecule has 3 heteroatoms. The standard InChI is InChI=1S/C18H23N3/c1-14-3-5-15(6-4-14)13-21(2)18-12-19-10-9-16(18)11-20-17-7-8-17/h3-6,9-10,12,17,20H,7-8,11,13H2,1-2H3. The Bertz CT molecular complexity index is 588. The van der Waals surface area contributed by atoms with E-state index < -0.39 is 0 Å². The highest BCUT2D eigenvalue weighted by Gasteiger charge is 2.20. The van der Waals surface area contributed by atoms with Crippen LogP contribution in [0.4, 0.5) is 5.69 Å². The van der Waals surface area contributed by atoms with E-state index in [1.165, 1.54) is 35.2 Å². The van der Waals surface area contributed by atoms with Crippen LogP contribution in [-0.2, 0) is 13.1 Å². The second-order valence-corrected chi connectivity index (χ2v) is 6.00. The van der Waals surface area contributed by atoms with Crippen LogP contribution in [0.25, 0.3) is 0 Å². The van der Waals surface area contributed by atoms with Gasteiger partial charge in [-0.25, -0.2) is 0 Å². The highest BCUT2D eigenvalue weighted by molar-refractivity contribution is 5.51. The van der Waals surface area contributed by atoms with Crippen LogP contribution in [-0.4, -0.2) is 18.1 Å². The molecular weight excluding hydrogens is 258 g/mol. The first-order chi connectivity index (χ1) is 10.2. The molecule has 1 aromatic carbocycles. The SMILES string of the molecule is Cc1ccc(CN(C)c2cnccc2CNC2CC2)cc1. The number of hydrogen-bond donors (Lipinski definition) is 1. The zero-order valence-corrected chi connectivity index (χ0v) is 12.8. The summed E-state index contributed by atoms with van der Waals surface area (Å²) in [6, 6.07) is 11.6. The third-order valence-corrected chi connectivity index (χ3v) is 4.00. The molecule has 0 bridgehead atoms. The monoisotopic (exact) mass is 281 g/mol. The lowest BCUT2D eigenvalue weighted by molar-refractivity contribution is 0.684. The van der Waals surface area contributed by atoms with Crippen molar-refractivity contribution in [3.8, 4) is 0 Å². The Balaban J connectivity index is 1.70. The number of anilines is 1. The minimum atomic E-state index is 0.730. The molecule has 1 saturated carbocycles. The molecule has 0 amide bonds. The molecule has 21 heavy (non-hydrogen) atoms. The number of rotatable bonds is 6. The van der Waals surface area contributed by atoms with Gasteiger partial charge in [0.05, 0.1) is 11.9 Å². The van der Waals surface area contributed by atoms with Crippen molar-refractivity contribution < 1.29 is 0 Å². The minimum absolute atomic E-state index is 0.730. The van der Waals surface area contributed by atoms with E-state index >= 15 is 0 Å². The maximum absolute atomic E-state index is 4.30. The fourth-order valence-electron chi connectivity index (χ4n) is 2.50. The van der Waals surface area contributed by atoms with Crippen LogP contribution < -0.4 is 10.2 Å². The molecule has 0 saturated heterocycles. The van der Waals surface area contributed by atoms with Gasteiger partial charge in [-0.05, 0) is 37.0 Å². The second kappa shape index (κ2) is 6.27. The lowest BCUT2D eigenvalue weighted by Gasteiger charge is -2.22. The molecule has 1 fully saturated rings. The molecule has 3 rings (SSSR count). The van der Waals surface area contributed by atoms with E-state index in [0.29, 0.717) is 0 Å². The largest absolute Gasteiger partial charge is 0.369 e. The second-order valence-electron chi connectivity index (χ2n) is 6.00. The van der Waals surface area contributed by atoms with Crippen molar-refractivity contribution in [3.63, 3.8) is 0 Å². The van der Waals surface area contributed by atoms with Gasteiger partial charge in [-0.2, -0.15) is 0 Å². The maximum Gasteiger partial charge on any atom is 0.0598 e. The number of benzene rings is 1. The smallest absolute Gasteiger partial charge is 0.0598 e. The summed E-state index contributed by atoms with van der Waals surface area (Å²) in [7, 11) is 2.14. The maximum atomic E-state index is 4.30. The molecular formula is C18H23N3. The highest BCUT2D eigenvalue weighted by Crippen LogP contribution is 2.23. The van der Waals surface area contributed by atoms with Crippen LogP contribution in [0.5, 0.6) is 0 Å². The van der Waals surface area contributed by atoms with Crippen molar-refractivity contribution in [2.75, 3.05) is 11.9 Å². The van der Waals surface area contributed by atoms with Crippen LogP contribution in [0.15, 0.2) is 42.7 Å². The van der Waals surface area contributed by atoms with Gasteiger partial charge in [-0.1, -0.05) is 29.8 Å². The van der Waals surface area contributed by atoms with Crippen molar-refractivity contribution in [1.82, 2.24) is 10.3 Å². The lowest BCUT2D eigenvalue weighted by Crippen LogP contribution is -2.21. The van der Waals surface area contributed by atoms with Crippen molar-refractivity contribution in [3.05, 3.63) is 59.4 Å². The summed E-state index contributed by atoms with van der Waals surface area (Å²) in [6.45, 7) is 3.96.